The largest absolute Gasteiger partial charge is 0.477 e. The summed E-state index contributed by atoms with van der Waals surface area (Å²) in [5, 5.41) is 0. The number of benzene rings is 1. The molecule has 1 aliphatic heterocycles. The lowest BCUT2D eigenvalue weighted by Crippen LogP contribution is -2.39. The van der Waals surface area contributed by atoms with E-state index in [0.29, 0.717) is 17.0 Å². The van der Waals surface area contributed by atoms with Gasteiger partial charge in [0, 0.05) is 18.8 Å². The van der Waals surface area contributed by atoms with Crippen molar-refractivity contribution >= 4 is 17.4 Å². The van der Waals surface area contributed by atoms with Crippen molar-refractivity contribution in [2.75, 3.05) is 0 Å². The lowest BCUT2D eigenvalue weighted by molar-refractivity contribution is -0.148. The van der Waals surface area contributed by atoms with Crippen LogP contribution in [0, 0.1) is 13.8 Å². The van der Waals surface area contributed by atoms with E-state index in [-0.39, 0.29) is 5.78 Å². The lowest BCUT2D eigenvalue weighted by atomic mass is 9.94. The van der Waals surface area contributed by atoms with Crippen molar-refractivity contribution in [1.82, 2.24) is 9.38 Å². The molecular formula is C20H18N2O4. The number of hydrogen-bond acceptors (Lipinski definition) is 5. The summed E-state index contributed by atoms with van der Waals surface area (Å²) in [6.07, 6.45) is 0.0453. The molecule has 0 spiro atoms. The average Bonchev–Trinajstić information content (AvgIpc) is 2.92. The highest BCUT2D eigenvalue weighted by atomic mass is 16.6. The van der Waals surface area contributed by atoms with Gasteiger partial charge in [-0.25, -0.2) is 4.98 Å². The standard InChI is InChI=1S/C20H18N2O4/c1-11-12(2)22-10-9-15-16(24)19(25-13(3)23)17(14-7-5-4-6-8-14)26-18(15)20(22)21-11/h4-10,17,19H,1-3H3/t17-,19+/m1/s1. The van der Waals surface area contributed by atoms with Crippen molar-refractivity contribution in [1.29, 1.82) is 0 Å². The Morgan fingerprint density at radius 3 is 2.62 bits per heavy atom. The number of imidazole rings is 1. The van der Waals surface area contributed by atoms with E-state index in [2.05, 4.69) is 4.98 Å². The highest BCUT2D eigenvalue weighted by molar-refractivity contribution is 6.05. The first kappa shape index (κ1) is 16.3. The van der Waals surface area contributed by atoms with Gasteiger partial charge < -0.3 is 13.9 Å². The van der Waals surface area contributed by atoms with Crippen molar-refractivity contribution in [3.8, 4) is 5.75 Å². The van der Waals surface area contributed by atoms with Crippen LogP contribution in [0.15, 0.2) is 42.6 Å². The Balaban J connectivity index is 1.91. The van der Waals surface area contributed by atoms with Gasteiger partial charge in [0.1, 0.15) is 0 Å². The molecule has 2 atom stereocenters. The number of fused-ring (bicyclic) bond motifs is 3. The van der Waals surface area contributed by atoms with E-state index < -0.39 is 18.2 Å². The number of nitrogens with zero attached hydrogens (tertiary/aromatic N) is 2. The minimum atomic E-state index is -1.03. The number of ketones is 1. The zero-order chi connectivity index (χ0) is 18.4. The summed E-state index contributed by atoms with van der Waals surface area (Å²) >= 11 is 0. The van der Waals surface area contributed by atoms with Gasteiger partial charge >= 0.3 is 5.97 Å². The zero-order valence-corrected chi connectivity index (χ0v) is 14.7. The molecule has 1 aromatic carbocycles. The van der Waals surface area contributed by atoms with Gasteiger partial charge in [-0.15, -0.1) is 0 Å². The number of carbonyl (C=O) groups is 2. The molecule has 0 aliphatic carbocycles. The van der Waals surface area contributed by atoms with E-state index in [9.17, 15) is 9.59 Å². The number of pyridine rings is 1. The third-order valence-corrected chi connectivity index (χ3v) is 4.69. The summed E-state index contributed by atoms with van der Waals surface area (Å²) in [6, 6.07) is 11.0. The summed E-state index contributed by atoms with van der Waals surface area (Å²) < 4.78 is 13.4. The fraction of sp³-hybridized carbons (Fsp3) is 0.250. The number of ether oxygens (including phenoxy) is 2. The second-order valence-corrected chi connectivity index (χ2v) is 6.38. The van der Waals surface area contributed by atoms with Crippen LogP contribution in [-0.2, 0) is 9.53 Å². The highest BCUT2D eigenvalue weighted by Crippen LogP contribution is 2.39. The van der Waals surface area contributed by atoms with Gasteiger partial charge in [0.15, 0.2) is 17.5 Å². The van der Waals surface area contributed by atoms with Crippen LogP contribution < -0.4 is 4.74 Å². The van der Waals surface area contributed by atoms with Crippen LogP contribution in [0.5, 0.6) is 5.75 Å². The van der Waals surface area contributed by atoms with Gasteiger partial charge in [0.25, 0.3) is 0 Å². The first-order valence-electron chi connectivity index (χ1n) is 8.38. The number of aryl methyl sites for hydroxylation is 2. The minimum absolute atomic E-state index is 0.281. The summed E-state index contributed by atoms with van der Waals surface area (Å²) in [6.45, 7) is 5.16. The SMILES string of the molecule is CC(=O)O[C@H]1C(=O)c2ccn3c(C)c(C)nc3c2O[C@@H]1c1ccccc1. The van der Waals surface area contributed by atoms with E-state index in [1.54, 1.807) is 12.3 Å². The van der Waals surface area contributed by atoms with E-state index in [1.165, 1.54) is 6.92 Å². The molecule has 6 heteroatoms. The molecule has 26 heavy (non-hydrogen) atoms. The van der Waals surface area contributed by atoms with Crippen LogP contribution in [0.1, 0.15) is 40.3 Å². The van der Waals surface area contributed by atoms with Gasteiger partial charge in [-0.3, -0.25) is 9.59 Å². The van der Waals surface area contributed by atoms with Crippen LogP contribution in [0.3, 0.4) is 0 Å². The van der Waals surface area contributed by atoms with Crippen LogP contribution in [-0.4, -0.2) is 27.2 Å². The van der Waals surface area contributed by atoms with Gasteiger partial charge in [0.2, 0.25) is 11.9 Å². The maximum Gasteiger partial charge on any atom is 0.303 e. The molecule has 3 aromatic rings. The molecule has 1 aliphatic rings. The minimum Gasteiger partial charge on any atom is -0.477 e. The predicted octanol–water partition coefficient (Wildman–Crippen LogP) is 3.20. The normalized spacial score (nSPS) is 19.1. The van der Waals surface area contributed by atoms with Crippen LogP contribution in [0.2, 0.25) is 0 Å². The Morgan fingerprint density at radius 1 is 1.19 bits per heavy atom. The predicted molar refractivity (Wildman–Crippen MR) is 94.4 cm³/mol. The first-order chi connectivity index (χ1) is 12.5. The third kappa shape index (κ3) is 2.45. The molecule has 0 unspecified atom stereocenters. The quantitative estimate of drug-likeness (QED) is 0.664. The van der Waals surface area contributed by atoms with Crippen molar-refractivity contribution < 1.29 is 19.1 Å². The first-order valence-corrected chi connectivity index (χ1v) is 8.38. The molecule has 3 heterocycles. The molecule has 0 bridgehead atoms. The van der Waals surface area contributed by atoms with Gasteiger partial charge in [-0.1, -0.05) is 30.3 Å². The summed E-state index contributed by atoms with van der Waals surface area (Å²) in [5.74, 6) is -0.382. The van der Waals surface area contributed by atoms with Crippen molar-refractivity contribution in [2.45, 2.75) is 33.0 Å². The number of rotatable bonds is 2. The van der Waals surface area contributed by atoms with Crippen LogP contribution in [0.4, 0.5) is 0 Å². The van der Waals surface area contributed by atoms with Crippen LogP contribution >= 0.6 is 0 Å². The molecule has 2 aromatic heterocycles. The molecule has 0 N–H and O–H groups in total. The maximum atomic E-state index is 13.1. The number of esters is 1. The average molecular weight is 350 g/mol. The molecule has 0 saturated heterocycles. The number of Topliss-reactive ketones (excluding diaryl/α,β-unsaturated/α-hetero) is 1. The number of aromatic nitrogens is 2. The molecule has 4 rings (SSSR count). The molecule has 132 valence electrons. The van der Waals surface area contributed by atoms with Crippen molar-refractivity contribution in [3.63, 3.8) is 0 Å². The van der Waals surface area contributed by atoms with E-state index in [1.807, 2.05) is 48.6 Å². The smallest absolute Gasteiger partial charge is 0.303 e. The molecular weight excluding hydrogens is 332 g/mol. The van der Waals surface area contributed by atoms with E-state index in [0.717, 1.165) is 17.0 Å². The summed E-state index contributed by atoms with van der Waals surface area (Å²) in [5.41, 5.74) is 3.58. The summed E-state index contributed by atoms with van der Waals surface area (Å²) in [7, 11) is 0. The van der Waals surface area contributed by atoms with Gasteiger partial charge in [-0.2, -0.15) is 0 Å². The van der Waals surface area contributed by atoms with Gasteiger partial charge in [0.05, 0.1) is 11.3 Å². The Morgan fingerprint density at radius 2 is 1.92 bits per heavy atom. The van der Waals surface area contributed by atoms with E-state index in [4.69, 9.17) is 9.47 Å². The Kier molecular flexibility index (Phi) is 3.76. The zero-order valence-electron chi connectivity index (χ0n) is 14.7. The highest BCUT2D eigenvalue weighted by Gasteiger charge is 2.42. The monoisotopic (exact) mass is 350 g/mol. The van der Waals surface area contributed by atoms with Crippen LogP contribution in [0.25, 0.3) is 5.65 Å². The molecule has 0 saturated carbocycles. The van der Waals surface area contributed by atoms with E-state index >= 15 is 0 Å². The lowest BCUT2D eigenvalue weighted by Gasteiger charge is -2.32. The second-order valence-electron chi connectivity index (χ2n) is 6.38. The van der Waals surface area contributed by atoms with Gasteiger partial charge in [-0.05, 0) is 25.5 Å². The van der Waals surface area contributed by atoms with Crippen molar-refractivity contribution in [2.24, 2.45) is 0 Å². The Bertz CT molecular complexity index is 1020. The summed E-state index contributed by atoms with van der Waals surface area (Å²) in [4.78, 5) is 29.2. The molecule has 0 radical (unpaired) electrons. The third-order valence-electron chi connectivity index (χ3n) is 4.69. The fourth-order valence-corrected chi connectivity index (χ4v) is 3.28. The Labute approximate surface area is 150 Å². The molecule has 0 amide bonds. The fourth-order valence-electron chi connectivity index (χ4n) is 3.28. The molecule has 6 nitrogen and oxygen atoms in total. The number of hydrogen-bond donors (Lipinski definition) is 0. The topological polar surface area (TPSA) is 69.9 Å². The Hall–Kier alpha value is -3.15. The maximum absolute atomic E-state index is 13.1. The molecule has 0 fully saturated rings. The van der Waals surface area contributed by atoms with Crippen molar-refractivity contribution in [3.05, 3.63) is 65.1 Å². The number of carbonyl (C=O) groups excluding carboxylic acids is 2. The second kappa shape index (κ2) is 5.98.